The van der Waals surface area contributed by atoms with Crippen molar-refractivity contribution < 1.29 is 0 Å². The zero-order valence-corrected chi connectivity index (χ0v) is 11.0. The second kappa shape index (κ2) is 5.46. The number of nitrogens with one attached hydrogen (secondary N) is 1. The molecule has 0 aliphatic carbocycles. The lowest BCUT2D eigenvalue weighted by molar-refractivity contribution is 0.605. The molecule has 16 heavy (non-hydrogen) atoms. The van der Waals surface area contributed by atoms with E-state index in [0.29, 0.717) is 0 Å². The lowest BCUT2D eigenvalue weighted by Gasteiger charge is -2.01. The molecule has 0 atom stereocenters. The fourth-order valence-corrected chi connectivity index (χ4v) is 2.88. The number of rotatable bonds is 5. The van der Waals surface area contributed by atoms with Gasteiger partial charge in [0, 0.05) is 28.7 Å². The van der Waals surface area contributed by atoms with Gasteiger partial charge in [-0.05, 0) is 50.5 Å². The molecule has 0 saturated heterocycles. The summed E-state index contributed by atoms with van der Waals surface area (Å²) in [5.74, 6) is 0. The highest BCUT2D eigenvalue weighted by molar-refractivity contribution is 7.71. The molecule has 0 fully saturated rings. The third kappa shape index (κ3) is 3.06. The Labute approximate surface area is 105 Å². The van der Waals surface area contributed by atoms with E-state index in [1.165, 1.54) is 29.0 Å². The number of hydrogen-bond acceptors (Lipinski definition) is 2. The van der Waals surface area contributed by atoms with E-state index in [0.717, 1.165) is 11.3 Å². The first-order chi connectivity index (χ1) is 7.75. The van der Waals surface area contributed by atoms with Gasteiger partial charge in [-0.1, -0.05) is 0 Å². The van der Waals surface area contributed by atoms with Crippen LogP contribution >= 0.6 is 23.6 Å². The minimum absolute atomic E-state index is 0.826. The molecule has 0 saturated carbocycles. The van der Waals surface area contributed by atoms with E-state index in [1.54, 1.807) is 0 Å². The molecule has 0 radical (unpaired) electrons. The predicted molar refractivity (Wildman–Crippen MR) is 71.6 cm³/mol. The van der Waals surface area contributed by atoms with E-state index in [4.69, 9.17) is 12.2 Å². The van der Waals surface area contributed by atoms with Crippen LogP contribution in [0.25, 0.3) is 0 Å². The van der Waals surface area contributed by atoms with Crippen molar-refractivity contribution in [2.24, 2.45) is 0 Å². The van der Waals surface area contributed by atoms with E-state index < -0.39 is 0 Å². The summed E-state index contributed by atoms with van der Waals surface area (Å²) in [6.07, 6.45) is 7.51. The Hall–Kier alpha value is -0.870. The van der Waals surface area contributed by atoms with Gasteiger partial charge in [-0.2, -0.15) is 0 Å². The molecule has 2 nitrogen and oxygen atoms in total. The molecule has 2 rings (SSSR count). The Morgan fingerprint density at radius 1 is 1.38 bits per heavy atom. The maximum Gasteiger partial charge on any atom is 0.177 e. The summed E-state index contributed by atoms with van der Waals surface area (Å²) in [5, 5.41) is 0. The van der Waals surface area contributed by atoms with E-state index in [2.05, 4.69) is 28.6 Å². The average Bonchev–Trinajstić information content (AvgIpc) is 2.83. The molecule has 0 spiro atoms. The van der Waals surface area contributed by atoms with E-state index in [9.17, 15) is 0 Å². The minimum Gasteiger partial charge on any atom is -0.337 e. The van der Waals surface area contributed by atoms with Crippen molar-refractivity contribution in [2.45, 2.75) is 32.7 Å². The molecule has 0 aromatic carbocycles. The Kier molecular flexibility index (Phi) is 3.96. The number of hydrogen-bond donors (Lipinski definition) is 1. The van der Waals surface area contributed by atoms with Crippen LogP contribution in [0.15, 0.2) is 24.5 Å². The third-order valence-corrected chi connectivity index (χ3v) is 4.00. The Bertz CT molecular complexity index is 493. The van der Waals surface area contributed by atoms with E-state index in [1.807, 2.05) is 23.7 Å². The third-order valence-electron chi connectivity index (χ3n) is 2.59. The zero-order valence-electron chi connectivity index (χ0n) is 9.40. The lowest BCUT2D eigenvalue weighted by atomic mass is 10.2. The molecule has 0 aliphatic rings. The molecule has 1 N–H and O–H groups in total. The van der Waals surface area contributed by atoms with Crippen molar-refractivity contribution in [3.05, 3.63) is 39.1 Å². The molecule has 0 aliphatic heterocycles. The van der Waals surface area contributed by atoms with Crippen molar-refractivity contribution in [1.82, 2.24) is 9.55 Å². The van der Waals surface area contributed by atoms with Gasteiger partial charge in [0.1, 0.15) is 0 Å². The van der Waals surface area contributed by atoms with Crippen molar-refractivity contribution in [2.75, 3.05) is 0 Å². The van der Waals surface area contributed by atoms with Gasteiger partial charge < -0.3 is 9.55 Å². The minimum atomic E-state index is 0.826. The molecule has 2 aromatic rings. The topological polar surface area (TPSA) is 20.7 Å². The summed E-state index contributed by atoms with van der Waals surface area (Å²) in [7, 11) is 0. The van der Waals surface area contributed by atoms with Gasteiger partial charge >= 0.3 is 0 Å². The second-order valence-corrected chi connectivity index (χ2v) is 5.69. The van der Waals surface area contributed by atoms with Crippen LogP contribution in [0.4, 0.5) is 0 Å². The molecule has 4 heteroatoms. The first-order valence-corrected chi connectivity index (χ1v) is 6.77. The van der Waals surface area contributed by atoms with Gasteiger partial charge in [-0.15, -0.1) is 11.3 Å². The largest absolute Gasteiger partial charge is 0.337 e. The van der Waals surface area contributed by atoms with Crippen LogP contribution in [0.5, 0.6) is 0 Å². The van der Waals surface area contributed by atoms with Crippen LogP contribution in [0, 0.1) is 11.7 Å². The second-order valence-electron chi connectivity index (χ2n) is 3.93. The highest BCUT2D eigenvalue weighted by atomic mass is 32.1. The summed E-state index contributed by atoms with van der Waals surface area (Å²) in [6, 6.07) is 4.43. The molecule has 2 aromatic heterocycles. The summed E-state index contributed by atoms with van der Waals surface area (Å²) >= 11 is 7.05. The van der Waals surface area contributed by atoms with Gasteiger partial charge in [0.25, 0.3) is 0 Å². The molecule has 0 bridgehead atoms. The van der Waals surface area contributed by atoms with E-state index in [-0.39, 0.29) is 0 Å². The number of thiophene rings is 1. The Balaban J connectivity index is 1.73. The lowest BCUT2D eigenvalue weighted by Crippen LogP contribution is -1.96. The van der Waals surface area contributed by atoms with Crippen molar-refractivity contribution in [3.63, 3.8) is 0 Å². The molecular weight excluding hydrogens is 236 g/mol. The smallest absolute Gasteiger partial charge is 0.177 e. The van der Waals surface area contributed by atoms with Crippen LogP contribution in [0.2, 0.25) is 0 Å². The first-order valence-electron chi connectivity index (χ1n) is 5.55. The number of aryl methyl sites for hydroxylation is 3. The monoisotopic (exact) mass is 252 g/mol. The van der Waals surface area contributed by atoms with Crippen LogP contribution in [-0.4, -0.2) is 9.55 Å². The standard InChI is InChI=1S/C12H16N2S2/c1-10-5-6-11(16-10)4-2-3-8-14-9-7-13-12(14)15/h5-7,9H,2-4,8H2,1H3,(H,13,15). The molecule has 0 amide bonds. The number of unbranched alkanes of at least 4 members (excludes halogenated alkanes) is 1. The molecule has 86 valence electrons. The van der Waals surface area contributed by atoms with Gasteiger partial charge in [0.2, 0.25) is 0 Å². The number of aromatic nitrogens is 2. The Morgan fingerprint density at radius 2 is 2.25 bits per heavy atom. The molecule has 0 unspecified atom stereocenters. The van der Waals surface area contributed by atoms with Crippen molar-refractivity contribution >= 4 is 23.6 Å². The summed E-state index contributed by atoms with van der Waals surface area (Å²) in [4.78, 5) is 5.91. The van der Waals surface area contributed by atoms with Crippen molar-refractivity contribution in [1.29, 1.82) is 0 Å². The van der Waals surface area contributed by atoms with Gasteiger partial charge in [-0.25, -0.2) is 0 Å². The molecular formula is C12H16N2S2. The predicted octanol–water partition coefficient (Wildman–Crippen LogP) is 3.94. The van der Waals surface area contributed by atoms with Crippen molar-refractivity contribution in [3.8, 4) is 0 Å². The number of H-pyrrole nitrogens is 1. The number of nitrogens with zero attached hydrogens (tertiary/aromatic N) is 1. The average molecular weight is 252 g/mol. The van der Waals surface area contributed by atoms with Gasteiger partial charge in [0.05, 0.1) is 0 Å². The fraction of sp³-hybridized carbons (Fsp3) is 0.417. The maximum absolute atomic E-state index is 5.14. The quantitative estimate of drug-likeness (QED) is 0.631. The molecule has 2 heterocycles. The summed E-state index contributed by atoms with van der Waals surface area (Å²) in [5.41, 5.74) is 0. The highest BCUT2D eigenvalue weighted by Gasteiger charge is 1.97. The van der Waals surface area contributed by atoms with Gasteiger partial charge in [0.15, 0.2) is 4.77 Å². The number of imidazole rings is 1. The van der Waals surface area contributed by atoms with Crippen LogP contribution in [0.3, 0.4) is 0 Å². The Morgan fingerprint density at radius 3 is 2.88 bits per heavy atom. The van der Waals surface area contributed by atoms with Crippen LogP contribution < -0.4 is 0 Å². The van der Waals surface area contributed by atoms with Crippen LogP contribution in [0.1, 0.15) is 22.6 Å². The highest BCUT2D eigenvalue weighted by Crippen LogP contribution is 2.17. The summed E-state index contributed by atoms with van der Waals surface area (Å²) in [6.45, 7) is 3.18. The zero-order chi connectivity index (χ0) is 11.4. The van der Waals surface area contributed by atoms with E-state index >= 15 is 0 Å². The SMILES string of the molecule is Cc1ccc(CCCCn2cc[nH]c2=S)s1. The fourth-order valence-electron chi connectivity index (χ4n) is 1.73. The normalized spacial score (nSPS) is 10.8. The van der Waals surface area contributed by atoms with Gasteiger partial charge in [-0.3, -0.25) is 0 Å². The first kappa shape index (κ1) is 11.6. The van der Waals surface area contributed by atoms with Crippen LogP contribution in [-0.2, 0) is 13.0 Å². The maximum atomic E-state index is 5.14. The summed E-state index contributed by atoms with van der Waals surface area (Å²) < 4.78 is 2.92. The number of aromatic amines is 1.